The first-order valence-electron chi connectivity index (χ1n) is 0. The molecule has 0 heterocycles. The van der Waals surface area contributed by atoms with E-state index in [-0.39, 0.29) is 51.5 Å². The number of hydrogen-bond donors (Lipinski definition) is 0. The van der Waals surface area contributed by atoms with Crippen molar-refractivity contribution >= 4 is 0 Å². The number of halogens is 2. The van der Waals surface area contributed by atoms with Crippen molar-refractivity contribution in [2.45, 2.75) is 0 Å². The molecule has 0 aliphatic rings. The maximum absolute atomic E-state index is 0. The van der Waals surface area contributed by atoms with Crippen molar-refractivity contribution in [3.05, 3.63) is 0 Å². The number of hydrogen-bond acceptors (Lipinski definition) is 0. The van der Waals surface area contributed by atoms with Gasteiger partial charge in [-0.2, -0.15) is 0 Å². The van der Waals surface area contributed by atoms with Gasteiger partial charge in [-0.25, -0.2) is 0 Å². The van der Waals surface area contributed by atoms with Crippen LogP contribution in [0.4, 0.5) is 0 Å². The Balaban J connectivity index is 0. The van der Waals surface area contributed by atoms with Gasteiger partial charge in [0.1, 0.15) is 0 Å². The summed E-state index contributed by atoms with van der Waals surface area (Å²) in [6, 6.07) is 0. The summed E-state index contributed by atoms with van der Waals surface area (Å²) in [5.74, 6) is 0. The zero-order valence-corrected chi connectivity index (χ0v) is 6.24. The van der Waals surface area contributed by atoms with Gasteiger partial charge in [-0.3, -0.25) is 0 Å². The molecule has 0 amide bonds. The normalized spacial score (nSPS) is 0. The molecule has 0 saturated heterocycles. The summed E-state index contributed by atoms with van der Waals surface area (Å²) in [4.78, 5) is 0. The summed E-state index contributed by atoms with van der Waals surface area (Å²) in [6.45, 7) is 0. The van der Waals surface area contributed by atoms with Crippen molar-refractivity contribution in [1.29, 1.82) is 0 Å². The minimum Gasteiger partial charge on any atom is -2.00 e. The van der Waals surface area contributed by atoms with Crippen molar-refractivity contribution in [2.75, 3.05) is 0 Å². The van der Waals surface area contributed by atoms with E-state index in [1.807, 2.05) is 0 Å². The van der Waals surface area contributed by atoms with Gasteiger partial charge in [0.2, 0.25) is 0 Å². The average Bonchev–Trinajstić information content (AvgIpc) is 0. The van der Waals surface area contributed by atoms with E-state index < -0.39 is 0 Å². The van der Waals surface area contributed by atoms with E-state index in [0.717, 1.165) is 0 Å². The van der Waals surface area contributed by atoms with Crippen molar-refractivity contribution < 1.29 is 51.5 Å². The minimum atomic E-state index is 0. The monoisotopic (exact) mass is 308 g/mol. The van der Waals surface area contributed by atoms with E-state index >= 15 is 0 Å². The Kier molecular flexibility index (Phi) is 4030. The molecule has 0 saturated carbocycles. The fourth-order valence-electron chi connectivity index (χ4n) is 0. The Morgan fingerprint density at radius 1 is 0.600 bits per heavy atom. The van der Waals surface area contributed by atoms with Gasteiger partial charge in [0.25, 0.3) is 0 Å². The SMILES string of the molecule is [F-].[F-].[O-2].[O-2].[U]. The summed E-state index contributed by atoms with van der Waals surface area (Å²) in [7, 11) is 0. The molecular formula is F2O2U-6. The third-order valence-electron chi connectivity index (χ3n) is 0. The van der Waals surface area contributed by atoms with Crippen LogP contribution in [0.3, 0.4) is 0 Å². The zero-order chi connectivity index (χ0) is 0. The molecule has 0 bridgehead atoms. The molecule has 0 aromatic rings. The minimum absolute atomic E-state index is 0. The Morgan fingerprint density at radius 3 is 0.600 bits per heavy atom. The van der Waals surface area contributed by atoms with Crippen LogP contribution in [0, 0.1) is 31.1 Å². The topological polar surface area (TPSA) is 57.0 Å². The molecule has 0 aliphatic carbocycles. The smallest absolute Gasteiger partial charge is 0 e. The van der Waals surface area contributed by atoms with Gasteiger partial charge >= 0.3 is 0 Å². The number of rotatable bonds is 0. The van der Waals surface area contributed by atoms with Crippen LogP contribution >= 0.6 is 0 Å². The van der Waals surface area contributed by atoms with Crippen molar-refractivity contribution in [3.8, 4) is 0 Å². The average molecular weight is 308 g/mol. The van der Waals surface area contributed by atoms with Crippen LogP contribution in [0.15, 0.2) is 0 Å². The van der Waals surface area contributed by atoms with Crippen LogP contribution in [0.25, 0.3) is 0 Å². The Labute approximate surface area is 51.7 Å². The summed E-state index contributed by atoms with van der Waals surface area (Å²) in [5.41, 5.74) is 0. The molecule has 36 valence electrons. The van der Waals surface area contributed by atoms with Gasteiger partial charge in [0, 0.05) is 31.1 Å². The van der Waals surface area contributed by atoms with Crippen LogP contribution in [0.2, 0.25) is 0 Å². The maximum Gasteiger partial charge on any atom is 0 e. The second-order valence-corrected chi connectivity index (χ2v) is 0. The van der Waals surface area contributed by atoms with Crippen molar-refractivity contribution in [2.24, 2.45) is 0 Å². The van der Waals surface area contributed by atoms with Crippen LogP contribution in [0.1, 0.15) is 0 Å². The summed E-state index contributed by atoms with van der Waals surface area (Å²) in [5, 5.41) is 0. The first-order chi connectivity index (χ1) is 0. The molecule has 0 aliphatic heterocycles. The molecule has 0 aromatic carbocycles. The first-order valence-corrected chi connectivity index (χ1v) is 0. The van der Waals surface area contributed by atoms with Crippen molar-refractivity contribution in [1.82, 2.24) is 0 Å². The van der Waals surface area contributed by atoms with Gasteiger partial charge in [-0.05, 0) is 0 Å². The molecule has 0 atom stereocenters. The first kappa shape index (κ1) is 197. The van der Waals surface area contributed by atoms with Crippen LogP contribution in [-0.2, 0) is 11.0 Å². The third-order valence-corrected chi connectivity index (χ3v) is 0. The summed E-state index contributed by atoms with van der Waals surface area (Å²) >= 11 is 0. The van der Waals surface area contributed by atoms with Gasteiger partial charge in [-0.15, -0.1) is 0 Å². The summed E-state index contributed by atoms with van der Waals surface area (Å²) < 4.78 is 0. The molecular weight excluding hydrogens is 308 g/mol. The van der Waals surface area contributed by atoms with E-state index in [1.54, 1.807) is 0 Å². The molecule has 2 nitrogen and oxygen atoms in total. The van der Waals surface area contributed by atoms with E-state index in [9.17, 15) is 0 Å². The van der Waals surface area contributed by atoms with E-state index in [4.69, 9.17) is 0 Å². The van der Waals surface area contributed by atoms with Crippen LogP contribution in [0.5, 0.6) is 0 Å². The predicted molar refractivity (Wildman–Crippen MR) is 1.37 cm³/mol. The van der Waals surface area contributed by atoms with Gasteiger partial charge in [0.05, 0.1) is 0 Å². The standard InChI is InChI=1S/2FH.2O.U/h2*1H;;;/q;;2*-2;/p-2. The quantitative estimate of drug-likeness (QED) is 0.428. The van der Waals surface area contributed by atoms with Crippen molar-refractivity contribution in [3.63, 3.8) is 0 Å². The second-order valence-electron chi connectivity index (χ2n) is 0. The predicted octanol–water partition coefficient (Wildman–Crippen LogP) is -6.23. The Hall–Kier alpha value is 0.832. The molecule has 0 aromatic heterocycles. The van der Waals surface area contributed by atoms with Gasteiger partial charge < -0.3 is 20.4 Å². The fraction of sp³-hybridized carbons (Fsp3) is 0. The molecule has 0 spiro atoms. The zero-order valence-electron chi connectivity index (χ0n) is 2.07. The molecule has 0 fully saturated rings. The van der Waals surface area contributed by atoms with Crippen LogP contribution in [-0.4, -0.2) is 0 Å². The van der Waals surface area contributed by atoms with E-state index in [1.165, 1.54) is 0 Å². The van der Waals surface area contributed by atoms with Gasteiger partial charge in [0.15, 0.2) is 0 Å². The second kappa shape index (κ2) is 103. The fourth-order valence-corrected chi connectivity index (χ4v) is 0. The van der Waals surface area contributed by atoms with E-state index in [0.29, 0.717) is 0 Å². The van der Waals surface area contributed by atoms with E-state index in [2.05, 4.69) is 0 Å². The largest absolute Gasteiger partial charge is 2.00 e. The molecule has 5 heteroatoms. The Bertz CT molecular complexity index is 7.61. The molecule has 0 unspecified atom stereocenters. The molecule has 0 radical (unpaired) electrons. The Morgan fingerprint density at radius 2 is 0.600 bits per heavy atom. The maximum atomic E-state index is 0. The molecule has 5 heavy (non-hydrogen) atoms. The third kappa shape index (κ3) is 56.0. The molecule has 0 rings (SSSR count). The van der Waals surface area contributed by atoms with Gasteiger partial charge in [-0.1, -0.05) is 0 Å². The summed E-state index contributed by atoms with van der Waals surface area (Å²) in [6.07, 6.45) is 0. The molecule has 0 N–H and O–H groups in total. The van der Waals surface area contributed by atoms with Crippen LogP contribution < -0.4 is 9.41 Å².